The fraction of sp³-hybridized carbons (Fsp3) is 0.896. The van der Waals surface area contributed by atoms with Gasteiger partial charge >= 0.3 is 17.9 Å². The highest BCUT2D eigenvalue weighted by molar-refractivity contribution is 5.71. The molecule has 430 valence electrons. The summed E-state index contributed by atoms with van der Waals surface area (Å²) in [4.78, 5) is 38.2. The summed E-state index contributed by atoms with van der Waals surface area (Å²) in [6.07, 6.45) is 74.9. The third kappa shape index (κ3) is 60.6. The number of carbonyl (C=O) groups is 3. The van der Waals surface area contributed by atoms with E-state index < -0.39 is 6.10 Å². The van der Waals surface area contributed by atoms with Crippen molar-refractivity contribution in [2.45, 2.75) is 374 Å². The number of hydrogen-bond donors (Lipinski definition) is 0. The fourth-order valence-corrected chi connectivity index (χ4v) is 10.0. The monoisotopic (exact) mass is 1030 g/mol. The molecule has 73 heavy (non-hydrogen) atoms. The minimum absolute atomic E-state index is 0.0639. The van der Waals surface area contributed by atoms with Gasteiger partial charge in [-0.05, 0) is 51.4 Å². The quantitative estimate of drug-likeness (QED) is 0.0261. The molecule has 0 rings (SSSR count). The van der Waals surface area contributed by atoms with Gasteiger partial charge < -0.3 is 14.2 Å². The van der Waals surface area contributed by atoms with Crippen LogP contribution < -0.4 is 0 Å². The summed E-state index contributed by atoms with van der Waals surface area (Å²) in [5.41, 5.74) is 0. The Morgan fingerprint density at radius 2 is 0.493 bits per heavy atom. The molecular formula is C67H126O6. The molecule has 0 spiro atoms. The summed E-state index contributed by atoms with van der Waals surface area (Å²) in [5.74, 6) is -0.837. The molecule has 0 saturated carbocycles. The largest absolute Gasteiger partial charge is 0.462 e. The molecule has 1 atom stereocenters. The Bertz CT molecular complexity index is 1180. The molecule has 0 heterocycles. The van der Waals surface area contributed by atoms with Gasteiger partial charge in [0.25, 0.3) is 0 Å². The van der Waals surface area contributed by atoms with E-state index in [1.807, 2.05) is 0 Å². The van der Waals surface area contributed by atoms with Gasteiger partial charge in [-0.25, -0.2) is 0 Å². The average molecular weight is 1030 g/mol. The van der Waals surface area contributed by atoms with Gasteiger partial charge in [-0.15, -0.1) is 0 Å². The molecule has 0 saturated heterocycles. The summed E-state index contributed by atoms with van der Waals surface area (Å²) in [7, 11) is 0. The highest BCUT2D eigenvalue weighted by atomic mass is 16.6. The van der Waals surface area contributed by atoms with Crippen molar-refractivity contribution in [2.75, 3.05) is 13.2 Å². The lowest BCUT2D eigenvalue weighted by Gasteiger charge is -2.18. The maximum Gasteiger partial charge on any atom is 0.306 e. The van der Waals surface area contributed by atoms with Crippen molar-refractivity contribution in [1.82, 2.24) is 0 Å². The highest BCUT2D eigenvalue weighted by Gasteiger charge is 2.19. The van der Waals surface area contributed by atoms with Crippen molar-refractivity contribution >= 4 is 17.9 Å². The maximum absolute atomic E-state index is 12.9. The smallest absolute Gasteiger partial charge is 0.306 e. The van der Waals surface area contributed by atoms with Gasteiger partial charge in [0.1, 0.15) is 13.2 Å². The second-order valence-electron chi connectivity index (χ2n) is 22.4. The first-order valence-corrected chi connectivity index (χ1v) is 32.8. The number of ether oxygens (including phenoxy) is 3. The highest BCUT2D eigenvalue weighted by Crippen LogP contribution is 2.18. The van der Waals surface area contributed by atoms with E-state index in [4.69, 9.17) is 14.2 Å². The van der Waals surface area contributed by atoms with Gasteiger partial charge in [0, 0.05) is 19.3 Å². The molecular weight excluding hydrogens is 901 g/mol. The van der Waals surface area contributed by atoms with E-state index in [9.17, 15) is 14.4 Å². The van der Waals surface area contributed by atoms with Gasteiger partial charge in [-0.3, -0.25) is 14.4 Å². The summed E-state index contributed by atoms with van der Waals surface area (Å²) in [6.45, 7) is 6.69. The molecule has 0 fully saturated rings. The molecule has 0 amide bonds. The van der Waals surface area contributed by atoms with Crippen LogP contribution in [0.4, 0.5) is 0 Å². The number of carbonyl (C=O) groups excluding carboxylic acids is 3. The maximum atomic E-state index is 12.9. The van der Waals surface area contributed by atoms with E-state index in [2.05, 4.69) is 45.1 Å². The summed E-state index contributed by atoms with van der Waals surface area (Å²) >= 11 is 0. The fourth-order valence-electron chi connectivity index (χ4n) is 10.0. The Morgan fingerprint density at radius 3 is 0.753 bits per heavy atom. The van der Waals surface area contributed by atoms with Crippen molar-refractivity contribution < 1.29 is 28.6 Å². The van der Waals surface area contributed by atoms with E-state index in [0.717, 1.165) is 64.2 Å². The van der Waals surface area contributed by atoms with Crippen LogP contribution >= 0.6 is 0 Å². The third-order valence-corrected chi connectivity index (χ3v) is 15.0. The average Bonchev–Trinajstić information content (AvgIpc) is 3.39. The zero-order valence-electron chi connectivity index (χ0n) is 49.4. The van der Waals surface area contributed by atoms with Gasteiger partial charge in [0.15, 0.2) is 6.10 Å². The Labute approximate surface area is 455 Å². The molecule has 0 radical (unpaired) electrons. The Morgan fingerprint density at radius 1 is 0.274 bits per heavy atom. The van der Waals surface area contributed by atoms with Crippen LogP contribution in [0.25, 0.3) is 0 Å². The standard InChI is InChI=1S/C67H126O6/c1-4-7-10-13-16-19-22-24-26-27-28-29-30-31-32-33-34-35-36-37-38-39-41-42-45-48-51-54-57-60-66(69)72-63-64(62-71-65(68)59-56-53-50-47-44-21-18-15-12-9-6-3)73-67(70)61-58-55-52-49-46-43-40-25-23-20-17-14-11-8-5-2/h22,24,27-28,64H,4-21,23,25-26,29-63H2,1-3H3/b24-22-,28-27-. The Balaban J connectivity index is 4.11. The first-order valence-electron chi connectivity index (χ1n) is 32.8. The molecule has 1 unspecified atom stereocenters. The van der Waals surface area contributed by atoms with Crippen LogP contribution in [-0.2, 0) is 28.6 Å². The lowest BCUT2D eigenvalue weighted by Crippen LogP contribution is -2.30. The number of unbranched alkanes of at least 4 members (excludes halogenated alkanes) is 46. The minimum atomic E-state index is -0.764. The zero-order chi connectivity index (χ0) is 52.9. The van der Waals surface area contributed by atoms with Crippen molar-refractivity contribution in [3.05, 3.63) is 24.3 Å². The first kappa shape index (κ1) is 70.9. The van der Waals surface area contributed by atoms with Crippen molar-refractivity contribution in [1.29, 1.82) is 0 Å². The molecule has 6 heteroatoms. The van der Waals surface area contributed by atoms with Gasteiger partial charge in [-0.2, -0.15) is 0 Å². The Kier molecular flexibility index (Phi) is 60.6. The molecule has 0 aromatic rings. The topological polar surface area (TPSA) is 78.9 Å². The second-order valence-corrected chi connectivity index (χ2v) is 22.4. The number of allylic oxidation sites excluding steroid dienone is 4. The lowest BCUT2D eigenvalue weighted by atomic mass is 10.0. The predicted octanol–water partition coefficient (Wildman–Crippen LogP) is 22.2. The van der Waals surface area contributed by atoms with Crippen LogP contribution in [0.1, 0.15) is 367 Å². The Hall–Kier alpha value is -2.11. The molecule has 0 aliphatic heterocycles. The van der Waals surface area contributed by atoms with Crippen molar-refractivity contribution in [3.63, 3.8) is 0 Å². The van der Waals surface area contributed by atoms with Crippen LogP contribution in [-0.4, -0.2) is 37.2 Å². The zero-order valence-corrected chi connectivity index (χ0v) is 49.4. The molecule has 0 aromatic carbocycles. The minimum Gasteiger partial charge on any atom is -0.462 e. The summed E-state index contributed by atoms with van der Waals surface area (Å²) in [6, 6.07) is 0. The molecule has 0 bridgehead atoms. The van der Waals surface area contributed by atoms with Gasteiger partial charge in [-0.1, -0.05) is 321 Å². The van der Waals surface area contributed by atoms with Crippen molar-refractivity contribution in [3.8, 4) is 0 Å². The van der Waals surface area contributed by atoms with Gasteiger partial charge in [0.05, 0.1) is 0 Å². The van der Waals surface area contributed by atoms with E-state index in [1.54, 1.807) is 0 Å². The predicted molar refractivity (Wildman–Crippen MR) is 316 cm³/mol. The van der Waals surface area contributed by atoms with Crippen LogP contribution in [0.15, 0.2) is 24.3 Å². The van der Waals surface area contributed by atoms with Crippen molar-refractivity contribution in [2.24, 2.45) is 0 Å². The van der Waals surface area contributed by atoms with Crippen LogP contribution in [0.2, 0.25) is 0 Å². The molecule has 0 aliphatic rings. The van der Waals surface area contributed by atoms with Crippen LogP contribution in [0.3, 0.4) is 0 Å². The first-order chi connectivity index (χ1) is 36.0. The summed E-state index contributed by atoms with van der Waals surface area (Å²) < 4.78 is 16.9. The molecule has 0 N–H and O–H groups in total. The number of hydrogen-bond acceptors (Lipinski definition) is 6. The number of esters is 3. The van der Waals surface area contributed by atoms with E-state index >= 15 is 0 Å². The normalized spacial score (nSPS) is 12.1. The SMILES string of the molecule is CCCCCCC/C=C\C/C=C\CCCCCCCCCCCCCCCCCCCC(=O)OCC(COC(=O)CCCCCCCCCCCCC)OC(=O)CCCCCCCCCCCCCCCCC. The second kappa shape index (κ2) is 62.4. The summed E-state index contributed by atoms with van der Waals surface area (Å²) in [5, 5.41) is 0. The van der Waals surface area contributed by atoms with E-state index in [1.165, 1.54) is 263 Å². The van der Waals surface area contributed by atoms with Gasteiger partial charge in [0.2, 0.25) is 0 Å². The molecule has 6 nitrogen and oxygen atoms in total. The van der Waals surface area contributed by atoms with E-state index in [0.29, 0.717) is 19.3 Å². The molecule has 0 aliphatic carbocycles. The van der Waals surface area contributed by atoms with Crippen LogP contribution in [0.5, 0.6) is 0 Å². The molecule has 0 aromatic heterocycles. The van der Waals surface area contributed by atoms with Crippen LogP contribution in [0, 0.1) is 0 Å². The lowest BCUT2D eigenvalue weighted by molar-refractivity contribution is -0.167. The third-order valence-electron chi connectivity index (χ3n) is 15.0. The number of rotatable bonds is 61. The van der Waals surface area contributed by atoms with E-state index in [-0.39, 0.29) is 31.1 Å².